The summed E-state index contributed by atoms with van der Waals surface area (Å²) in [6.45, 7) is 8.94. The van der Waals surface area contributed by atoms with Crippen LogP contribution in [0.3, 0.4) is 0 Å². The number of morpholine rings is 1. The van der Waals surface area contributed by atoms with Crippen LogP contribution in [-0.4, -0.2) is 67.1 Å². The van der Waals surface area contributed by atoms with Gasteiger partial charge < -0.3 is 24.6 Å². The van der Waals surface area contributed by atoms with E-state index in [1.165, 1.54) is 0 Å². The molecule has 1 atom stereocenters. The summed E-state index contributed by atoms with van der Waals surface area (Å²) >= 11 is 0. The summed E-state index contributed by atoms with van der Waals surface area (Å²) in [5, 5.41) is 11.9. The summed E-state index contributed by atoms with van der Waals surface area (Å²) in [4.78, 5) is 25.8. The van der Waals surface area contributed by atoms with Gasteiger partial charge in [0.25, 0.3) is 0 Å². The van der Waals surface area contributed by atoms with Crippen LogP contribution in [0.4, 0.5) is 4.79 Å². The lowest BCUT2D eigenvalue weighted by molar-refractivity contribution is -0.139. The average molecular weight is 394 g/mol. The SMILES string of the molecule is COc1ccc(CC(NC(=O)OC(C)(C)C)C(=O)O)cc1CN1CCOCC1. The molecule has 8 nitrogen and oxygen atoms in total. The summed E-state index contributed by atoms with van der Waals surface area (Å²) in [5.41, 5.74) is 1.08. The number of benzene rings is 1. The van der Waals surface area contributed by atoms with Crippen molar-refractivity contribution in [1.82, 2.24) is 10.2 Å². The molecule has 1 amide bonds. The predicted molar refractivity (Wildman–Crippen MR) is 104 cm³/mol. The molecule has 2 rings (SSSR count). The quantitative estimate of drug-likeness (QED) is 0.730. The van der Waals surface area contributed by atoms with Gasteiger partial charge in [0.05, 0.1) is 20.3 Å². The smallest absolute Gasteiger partial charge is 0.408 e. The molecule has 0 bridgehead atoms. The normalized spacial score (nSPS) is 16.3. The molecule has 0 saturated carbocycles. The number of aliphatic carboxylic acids is 1. The molecule has 0 spiro atoms. The summed E-state index contributed by atoms with van der Waals surface area (Å²) in [6.07, 6.45) is -0.601. The van der Waals surface area contributed by atoms with Gasteiger partial charge in [-0.05, 0) is 32.4 Å². The van der Waals surface area contributed by atoms with Crippen LogP contribution >= 0.6 is 0 Å². The fourth-order valence-electron chi connectivity index (χ4n) is 2.97. The Bertz CT molecular complexity index is 680. The van der Waals surface area contributed by atoms with Gasteiger partial charge in [0.2, 0.25) is 0 Å². The molecule has 0 aliphatic carbocycles. The van der Waals surface area contributed by atoms with Gasteiger partial charge in [0, 0.05) is 31.6 Å². The van der Waals surface area contributed by atoms with Crippen molar-refractivity contribution in [3.63, 3.8) is 0 Å². The number of carbonyl (C=O) groups excluding carboxylic acids is 1. The molecule has 1 fully saturated rings. The Morgan fingerprint density at radius 2 is 1.96 bits per heavy atom. The van der Waals surface area contributed by atoms with Crippen LogP contribution in [0.2, 0.25) is 0 Å². The molecule has 1 saturated heterocycles. The van der Waals surface area contributed by atoms with E-state index in [9.17, 15) is 14.7 Å². The summed E-state index contributed by atoms with van der Waals surface area (Å²) in [6, 6.07) is 4.49. The number of alkyl carbamates (subject to hydrolysis) is 1. The fourth-order valence-corrected chi connectivity index (χ4v) is 2.97. The van der Waals surface area contributed by atoms with Crippen molar-refractivity contribution >= 4 is 12.1 Å². The Morgan fingerprint density at radius 3 is 2.54 bits per heavy atom. The van der Waals surface area contributed by atoms with E-state index in [0.717, 1.165) is 30.0 Å². The summed E-state index contributed by atoms with van der Waals surface area (Å²) in [5.74, 6) is -0.362. The van der Waals surface area contributed by atoms with Crippen molar-refractivity contribution in [2.45, 2.75) is 45.4 Å². The zero-order valence-corrected chi connectivity index (χ0v) is 17.0. The third kappa shape index (κ3) is 7.01. The number of nitrogens with zero attached hydrogens (tertiary/aromatic N) is 1. The second-order valence-corrected chi connectivity index (χ2v) is 7.78. The molecule has 1 unspecified atom stereocenters. The molecule has 8 heteroatoms. The van der Waals surface area contributed by atoms with Gasteiger partial charge >= 0.3 is 12.1 Å². The van der Waals surface area contributed by atoms with Gasteiger partial charge in [0.15, 0.2) is 0 Å². The first kappa shape index (κ1) is 22.0. The molecule has 2 N–H and O–H groups in total. The molecular formula is C20H30N2O6. The second kappa shape index (κ2) is 9.75. The highest BCUT2D eigenvalue weighted by atomic mass is 16.6. The standard InChI is InChI=1S/C20H30N2O6/c1-20(2,3)28-19(25)21-16(18(23)24)12-14-5-6-17(26-4)15(11-14)13-22-7-9-27-10-8-22/h5-6,11,16H,7-10,12-13H2,1-4H3,(H,21,25)(H,23,24). The minimum absolute atomic E-state index is 0.148. The molecule has 0 aromatic heterocycles. The van der Waals surface area contributed by atoms with Crippen molar-refractivity contribution in [1.29, 1.82) is 0 Å². The minimum Gasteiger partial charge on any atom is -0.496 e. The lowest BCUT2D eigenvalue weighted by atomic mass is 10.0. The first-order chi connectivity index (χ1) is 13.2. The van der Waals surface area contributed by atoms with Crippen LogP contribution in [0.5, 0.6) is 5.75 Å². The Kier molecular flexibility index (Phi) is 7.65. The third-order valence-corrected chi connectivity index (χ3v) is 4.27. The number of carboxylic acid groups (broad SMARTS) is 1. The van der Waals surface area contributed by atoms with E-state index in [0.29, 0.717) is 19.8 Å². The highest BCUT2D eigenvalue weighted by Crippen LogP contribution is 2.23. The van der Waals surface area contributed by atoms with Gasteiger partial charge in [-0.1, -0.05) is 12.1 Å². The van der Waals surface area contributed by atoms with Crippen LogP contribution in [0.25, 0.3) is 0 Å². The maximum Gasteiger partial charge on any atom is 0.408 e. The maximum atomic E-state index is 12.0. The highest BCUT2D eigenvalue weighted by molar-refractivity contribution is 5.80. The zero-order chi connectivity index (χ0) is 20.7. The highest BCUT2D eigenvalue weighted by Gasteiger charge is 2.24. The first-order valence-electron chi connectivity index (χ1n) is 9.36. The number of hydrogen-bond acceptors (Lipinski definition) is 6. The van der Waals surface area contributed by atoms with E-state index >= 15 is 0 Å². The Balaban J connectivity index is 2.10. The largest absolute Gasteiger partial charge is 0.496 e. The number of hydrogen-bond donors (Lipinski definition) is 2. The van der Waals surface area contributed by atoms with Gasteiger partial charge in [-0.2, -0.15) is 0 Å². The van der Waals surface area contributed by atoms with Crippen LogP contribution in [0, 0.1) is 0 Å². The monoisotopic (exact) mass is 394 g/mol. The number of methoxy groups -OCH3 is 1. The number of ether oxygens (including phenoxy) is 3. The summed E-state index contributed by atoms with van der Waals surface area (Å²) in [7, 11) is 1.61. The minimum atomic E-state index is -1.11. The average Bonchev–Trinajstić information content (AvgIpc) is 2.60. The number of nitrogens with one attached hydrogen (secondary N) is 1. The van der Waals surface area contributed by atoms with Crippen molar-refractivity contribution < 1.29 is 28.9 Å². The Morgan fingerprint density at radius 1 is 1.29 bits per heavy atom. The van der Waals surface area contributed by atoms with Crippen molar-refractivity contribution in [3.8, 4) is 5.75 Å². The van der Waals surface area contributed by atoms with E-state index in [2.05, 4.69) is 10.2 Å². The van der Waals surface area contributed by atoms with E-state index in [-0.39, 0.29) is 6.42 Å². The second-order valence-electron chi connectivity index (χ2n) is 7.78. The zero-order valence-electron chi connectivity index (χ0n) is 17.0. The predicted octanol–water partition coefficient (Wildman–Crippen LogP) is 2.05. The van der Waals surface area contributed by atoms with E-state index in [4.69, 9.17) is 14.2 Å². The molecule has 1 aliphatic rings. The molecule has 1 aromatic carbocycles. The van der Waals surface area contributed by atoms with Crippen molar-refractivity contribution in [2.24, 2.45) is 0 Å². The molecule has 1 aliphatic heterocycles. The lowest BCUT2D eigenvalue weighted by Gasteiger charge is -2.27. The Hall–Kier alpha value is -2.32. The van der Waals surface area contributed by atoms with E-state index < -0.39 is 23.7 Å². The number of carboxylic acids is 1. The topological polar surface area (TPSA) is 97.3 Å². The first-order valence-corrected chi connectivity index (χ1v) is 9.36. The molecule has 1 aromatic rings. The van der Waals surface area contributed by atoms with Crippen LogP contribution < -0.4 is 10.1 Å². The summed E-state index contributed by atoms with van der Waals surface area (Å²) < 4.78 is 16.0. The number of carbonyl (C=O) groups is 2. The molecule has 0 radical (unpaired) electrons. The van der Waals surface area contributed by atoms with Crippen LogP contribution in [-0.2, 0) is 27.2 Å². The third-order valence-electron chi connectivity index (χ3n) is 4.27. The van der Waals surface area contributed by atoms with Gasteiger partial charge in [-0.25, -0.2) is 9.59 Å². The lowest BCUT2D eigenvalue weighted by Crippen LogP contribution is -2.44. The van der Waals surface area contributed by atoms with E-state index in [1.54, 1.807) is 27.9 Å². The van der Waals surface area contributed by atoms with Gasteiger partial charge in [-0.3, -0.25) is 4.90 Å². The number of rotatable bonds is 7. The number of amides is 1. The molecular weight excluding hydrogens is 364 g/mol. The van der Waals surface area contributed by atoms with Crippen LogP contribution in [0.15, 0.2) is 18.2 Å². The van der Waals surface area contributed by atoms with E-state index in [1.807, 2.05) is 18.2 Å². The fraction of sp³-hybridized carbons (Fsp3) is 0.600. The molecule has 1 heterocycles. The molecule has 28 heavy (non-hydrogen) atoms. The van der Waals surface area contributed by atoms with Crippen molar-refractivity contribution in [2.75, 3.05) is 33.4 Å². The molecule has 156 valence electrons. The van der Waals surface area contributed by atoms with Crippen molar-refractivity contribution in [3.05, 3.63) is 29.3 Å². The van der Waals surface area contributed by atoms with Gasteiger partial charge in [-0.15, -0.1) is 0 Å². The van der Waals surface area contributed by atoms with Gasteiger partial charge in [0.1, 0.15) is 17.4 Å². The Labute approximate surface area is 165 Å². The van der Waals surface area contributed by atoms with Crippen LogP contribution in [0.1, 0.15) is 31.9 Å². The maximum absolute atomic E-state index is 12.0.